The van der Waals surface area contributed by atoms with Gasteiger partial charge in [-0.15, -0.1) is 0 Å². The van der Waals surface area contributed by atoms with E-state index in [1.165, 1.54) is 27.5 Å². The monoisotopic (exact) mass is 170 g/mol. The average Bonchev–Trinajstić information content (AvgIpc) is 2.65. The molecule has 0 amide bonds. The first-order chi connectivity index (χ1) is 6.34. The number of nitrogens with one attached hydrogen (secondary N) is 2. The van der Waals surface area contributed by atoms with Crippen LogP contribution in [0.2, 0.25) is 0 Å². The van der Waals surface area contributed by atoms with E-state index in [9.17, 15) is 0 Å². The van der Waals surface area contributed by atoms with Crippen molar-refractivity contribution in [2.75, 3.05) is 0 Å². The molecule has 2 heterocycles. The largest absolute Gasteiger partial charge is 0.359 e. The van der Waals surface area contributed by atoms with E-state index in [1.54, 1.807) is 0 Å². The minimum Gasteiger partial charge on any atom is -0.359 e. The molecular weight excluding hydrogens is 160 g/mol. The maximum Gasteiger partial charge on any atom is 0.0701 e. The summed E-state index contributed by atoms with van der Waals surface area (Å²) in [6.45, 7) is 2.08. The lowest BCUT2D eigenvalue weighted by Crippen LogP contribution is -1.72. The van der Waals surface area contributed by atoms with Crippen LogP contribution in [-0.2, 0) is 0 Å². The SMILES string of the molecule is Cc1cc2ccc3cc[nH]c3c2[nH]1. The number of aromatic amines is 2. The molecule has 2 nitrogen and oxygen atoms in total. The van der Waals surface area contributed by atoms with Gasteiger partial charge >= 0.3 is 0 Å². The van der Waals surface area contributed by atoms with Crippen LogP contribution in [0, 0.1) is 6.92 Å². The Kier molecular flexibility index (Phi) is 1.13. The summed E-state index contributed by atoms with van der Waals surface area (Å²) in [6, 6.07) is 8.54. The Morgan fingerprint density at radius 3 is 2.77 bits per heavy atom. The molecule has 0 aliphatic rings. The number of H-pyrrole nitrogens is 2. The molecule has 0 radical (unpaired) electrons. The second-order valence-corrected chi connectivity index (χ2v) is 3.42. The lowest BCUT2D eigenvalue weighted by Gasteiger charge is -1.91. The Labute approximate surface area is 75.6 Å². The number of benzene rings is 1. The fraction of sp³-hybridized carbons (Fsp3) is 0.0909. The van der Waals surface area contributed by atoms with Crippen molar-refractivity contribution in [2.45, 2.75) is 6.92 Å². The number of fused-ring (bicyclic) bond motifs is 3. The van der Waals surface area contributed by atoms with Crippen LogP contribution in [0.1, 0.15) is 5.69 Å². The summed E-state index contributed by atoms with van der Waals surface area (Å²) in [7, 11) is 0. The fourth-order valence-electron chi connectivity index (χ4n) is 1.87. The van der Waals surface area contributed by atoms with Gasteiger partial charge in [0.25, 0.3) is 0 Å². The second-order valence-electron chi connectivity index (χ2n) is 3.42. The van der Waals surface area contributed by atoms with Gasteiger partial charge in [0, 0.05) is 22.7 Å². The van der Waals surface area contributed by atoms with Crippen molar-refractivity contribution < 1.29 is 0 Å². The number of hydrogen-bond acceptors (Lipinski definition) is 0. The minimum absolute atomic E-state index is 1.20. The topological polar surface area (TPSA) is 31.6 Å². The maximum absolute atomic E-state index is 3.36. The first-order valence-electron chi connectivity index (χ1n) is 4.40. The van der Waals surface area contributed by atoms with Crippen molar-refractivity contribution in [1.82, 2.24) is 9.97 Å². The summed E-state index contributed by atoms with van der Waals surface area (Å²) < 4.78 is 0. The van der Waals surface area contributed by atoms with Crippen molar-refractivity contribution in [3.63, 3.8) is 0 Å². The average molecular weight is 170 g/mol. The van der Waals surface area contributed by atoms with Crippen LogP contribution in [0.3, 0.4) is 0 Å². The summed E-state index contributed by atoms with van der Waals surface area (Å²) in [6.07, 6.45) is 1.97. The number of hydrogen-bond donors (Lipinski definition) is 2. The van der Waals surface area contributed by atoms with Crippen molar-refractivity contribution in [1.29, 1.82) is 0 Å². The number of aryl methyl sites for hydroxylation is 1. The molecule has 0 spiro atoms. The molecule has 13 heavy (non-hydrogen) atoms. The molecule has 3 aromatic rings. The Hall–Kier alpha value is -1.70. The molecule has 0 saturated heterocycles. The molecule has 3 rings (SSSR count). The molecule has 2 heteroatoms. The molecule has 0 unspecified atom stereocenters. The van der Waals surface area contributed by atoms with E-state index < -0.39 is 0 Å². The van der Waals surface area contributed by atoms with Crippen LogP contribution >= 0.6 is 0 Å². The summed E-state index contributed by atoms with van der Waals surface area (Å²) in [5.74, 6) is 0. The lowest BCUT2D eigenvalue weighted by atomic mass is 10.2. The first kappa shape index (κ1) is 6.78. The van der Waals surface area contributed by atoms with E-state index in [0.29, 0.717) is 0 Å². The normalized spacial score (nSPS) is 11.5. The summed E-state index contributed by atoms with van der Waals surface area (Å²) in [5, 5.41) is 2.53. The van der Waals surface area contributed by atoms with Crippen LogP contribution in [0.15, 0.2) is 30.5 Å². The zero-order valence-electron chi connectivity index (χ0n) is 7.39. The highest BCUT2D eigenvalue weighted by Crippen LogP contribution is 2.23. The molecule has 0 aliphatic heterocycles. The van der Waals surface area contributed by atoms with Crippen LogP contribution in [0.4, 0.5) is 0 Å². The molecule has 0 bridgehead atoms. The lowest BCUT2D eigenvalue weighted by molar-refractivity contribution is 1.30. The van der Waals surface area contributed by atoms with Crippen LogP contribution in [0.25, 0.3) is 21.8 Å². The Bertz CT molecular complexity index is 572. The maximum atomic E-state index is 3.36. The third-order valence-corrected chi connectivity index (χ3v) is 2.45. The zero-order chi connectivity index (χ0) is 8.84. The molecule has 2 N–H and O–H groups in total. The molecule has 0 atom stereocenters. The summed E-state index contributed by atoms with van der Waals surface area (Å²) >= 11 is 0. The van der Waals surface area contributed by atoms with Gasteiger partial charge in [0.05, 0.1) is 11.0 Å². The van der Waals surface area contributed by atoms with Gasteiger partial charge in [-0.05, 0) is 19.1 Å². The summed E-state index contributed by atoms with van der Waals surface area (Å²) in [4.78, 5) is 6.60. The zero-order valence-corrected chi connectivity index (χ0v) is 7.39. The number of rotatable bonds is 0. The Balaban J connectivity index is 2.64. The van der Waals surface area contributed by atoms with Crippen LogP contribution in [0.5, 0.6) is 0 Å². The quantitative estimate of drug-likeness (QED) is 0.520. The van der Waals surface area contributed by atoms with Gasteiger partial charge in [-0.1, -0.05) is 12.1 Å². The second kappa shape index (κ2) is 2.16. The molecule has 64 valence electrons. The van der Waals surface area contributed by atoms with E-state index in [2.05, 4.69) is 41.2 Å². The standard InChI is InChI=1S/C11H10N2/c1-7-6-9-3-2-8-4-5-12-10(8)11(9)13-7/h2-6,12-13H,1H3. The number of aromatic nitrogens is 2. The minimum atomic E-state index is 1.20. The van der Waals surface area contributed by atoms with E-state index in [4.69, 9.17) is 0 Å². The third kappa shape index (κ3) is 0.827. The van der Waals surface area contributed by atoms with Gasteiger partial charge in [-0.25, -0.2) is 0 Å². The van der Waals surface area contributed by atoms with Crippen molar-refractivity contribution in [3.8, 4) is 0 Å². The highest BCUT2D eigenvalue weighted by molar-refractivity contribution is 6.03. The van der Waals surface area contributed by atoms with E-state index >= 15 is 0 Å². The molecule has 2 aromatic heterocycles. The van der Waals surface area contributed by atoms with Gasteiger partial charge in [-0.3, -0.25) is 0 Å². The van der Waals surface area contributed by atoms with Crippen molar-refractivity contribution in [3.05, 3.63) is 36.2 Å². The summed E-state index contributed by atoms with van der Waals surface area (Å²) in [5.41, 5.74) is 3.61. The predicted octanol–water partition coefficient (Wildman–Crippen LogP) is 2.96. The van der Waals surface area contributed by atoms with Gasteiger partial charge in [0.2, 0.25) is 0 Å². The van der Waals surface area contributed by atoms with Gasteiger partial charge < -0.3 is 9.97 Å². The smallest absolute Gasteiger partial charge is 0.0701 e. The highest BCUT2D eigenvalue weighted by atomic mass is 14.8. The van der Waals surface area contributed by atoms with Gasteiger partial charge in [0.15, 0.2) is 0 Å². The molecule has 1 aromatic carbocycles. The molecular formula is C11H10N2. The van der Waals surface area contributed by atoms with Crippen LogP contribution in [-0.4, -0.2) is 9.97 Å². The predicted molar refractivity (Wildman–Crippen MR) is 54.9 cm³/mol. The van der Waals surface area contributed by atoms with E-state index in [0.717, 1.165) is 0 Å². The molecule has 0 aliphatic carbocycles. The van der Waals surface area contributed by atoms with Crippen molar-refractivity contribution >= 4 is 21.8 Å². The van der Waals surface area contributed by atoms with Gasteiger partial charge in [-0.2, -0.15) is 0 Å². The Morgan fingerprint density at radius 2 is 1.85 bits per heavy atom. The van der Waals surface area contributed by atoms with Crippen LogP contribution < -0.4 is 0 Å². The Morgan fingerprint density at radius 1 is 1.00 bits per heavy atom. The third-order valence-electron chi connectivity index (χ3n) is 2.45. The molecule has 0 saturated carbocycles. The highest BCUT2D eigenvalue weighted by Gasteiger charge is 2.02. The van der Waals surface area contributed by atoms with Gasteiger partial charge in [0.1, 0.15) is 0 Å². The van der Waals surface area contributed by atoms with Crippen molar-refractivity contribution in [2.24, 2.45) is 0 Å². The van der Waals surface area contributed by atoms with E-state index in [1.807, 2.05) is 6.20 Å². The first-order valence-corrected chi connectivity index (χ1v) is 4.40. The fourth-order valence-corrected chi connectivity index (χ4v) is 1.87. The molecule has 0 fully saturated rings. The van der Waals surface area contributed by atoms with E-state index in [-0.39, 0.29) is 0 Å².